The molecule has 2 aliphatic rings. The zero-order chi connectivity index (χ0) is 16.7. The van der Waals surface area contributed by atoms with Crippen LogP contribution in [0.1, 0.15) is 26.7 Å². The van der Waals surface area contributed by atoms with Crippen LogP contribution in [0.2, 0.25) is 0 Å². The molecule has 1 aliphatic heterocycles. The Balaban J connectivity index is 2.08. The highest BCUT2D eigenvalue weighted by Crippen LogP contribution is 2.28. The van der Waals surface area contributed by atoms with Gasteiger partial charge in [-0.2, -0.15) is 0 Å². The van der Waals surface area contributed by atoms with Crippen molar-refractivity contribution >= 4 is 0 Å². The number of aliphatic hydroxyl groups excluding tert-OH is 2. The van der Waals surface area contributed by atoms with E-state index in [4.69, 9.17) is 4.74 Å². The maximum atomic E-state index is 10.9. The number of nitrogens with zero attached hydrogens (tertiary/aromatic N) is 2. The molecule has 0 aromatic rings. The van der Waals surface area contributed by atoms with Crippen LogP contribution in [0, 0.1) is 5.92 Å². The first-order valence-corrected chi connectivity index (χ1v) is 8.86. The topological polar surface area (TPSA) is 56.2 Å². The van der Waals surface area contributed by atoms with Gasteiger partial charge in [0, 0.05) is 44.2 Å². The summed E-state index contributed by atoms with van der Waals surface area (Å²) in [5.41, 5.74) is 2.40. The fourth-order valence-electron chi connectivity index (χ4n) is 3.38. The number of rotatable bonds is 7. The molecule has 0 saturated carbocycles. The summed E-state index contributed by atoms with van der Waals surface area (Å²) in [6, 6.07) is 0. The summed E-state index contributed by atoms with van der Waals surface area (Å²) in [7, 11) is 0. The first-order valence-electron chi connectivity index (χ1n) is 8.86. The van der Waals surface area contributed by atoms with Crippen molar-refractivity contribution in [3.63, 3.8) is 0 Å². The zero-order valence-electron chi connectivity index (χ0n) is 14.6. The van der Waals surface area contributed by atoms with Crippen molar-refractivity contribution in [1.29, 1.82) is 0 Å². The number of aliphatic hydroxyl groups is 2. The van der Waals surface area contributed by atoms with Crippen molar-refractivity contribution in [1.82, 2.24) is 9.80 Å². The molecule has 0 radical (unpaired) electrons. The molecule has 1 heterocycles. The first kappa shape index (κ1) is 18.5. The van der Waals surface area contributed by atoms with Gasteiger partial charge in [-0.05, 0) is 26.3 Å². The molecular formula is C18H32N2O3. The predicted octanol–water partition coefficient (Wildman–Crippen LogP) is 1.80. The van der Waals surface area contributed by atoms with Crippen LogP contribution in [-0.4, -0.2) is 79.1 Å². The third-order valence-electron chi connectivity index (χ3n) is 4.86. The molecule has 0 bridgehead atoms. The quantitative estimate of drug-likeness (QED) is 0.748. The zero-order valence-corrected chi connectivity index (χ0v) is 14.6. The first-order chi connectivity index (χ1) is 11.1. The molecule has 0 spiro atoms. The van der Waals surface area contributed by atoms with Gasteiger partial charge in [-0.15, -0.1) is 0 Å². The van der Waals surface area contributed by atoms with Gasteiger partial charge >= 0.3 is 0 Å². The molecule has 5 nitrogen and oxygen atoms in total. The Morgan fingerprint density at radius 1 is 1.35 bits per heavy atom. The summed E-state index contributed by atoms with van der Waals surface area (Å²) >= 11 is 0. The summed E-state index contributed by atoms with van der Waals surface area (Å²) in [6.07, 6.45) is 4.17. The molecule has 1 fully saturated rings. The van der Waals surface area contributed by atoms with Crippen LogP contribution in [0.15, 0.2) is 23.0 Å². The maximum absolute atomic E-state index is 10.9. The number of hydrogen-bond acceptors (Lipinski definition) is 5. The van der Waals surface area contributed by atoms with Crippen LogP contribution >= 0.6 is 0 Å². The van der Waals surface area contributed by atoms with Crippen LogP contribution in [0.25, 0.3) is 0 Å². The molecule has 23 heavy (non-hydrogen) atoms. The van der Waals surface area contributed by atoms with Gasteiger partial charge in [0.1, 0.15) is 5.76 Å². The van der Waals surface area contributed by atoms with E-state index >= 15 is 0 Å². The van der Waals surface area contributed by atoms with Gasteiger partial charge in [0.2, 0.25) is 0 Å². The van der Waals surface area contributed by atoms with Crippen LogP contribution in [0.4, 0.5) is 0 Å². The van der Waals surface area contributed by atoms with Crippen molar-refractivity contribution in [2.24, 2.45) is 5.92 Å². The minimum atomic E-state index is 0.159. The standard InChI is InChI=1S/C18H32N2O3/c1-3-19(6-9-21)13-16-5-4-15(2)12-17(18(16)22)14-20-7-10-23-11-8-20/h12,16,21-22H,3-11,13-14H2,1-2H3. The molecule has 132 valence electrons. The van der Waals surface area contributed by atoms with Crippen LogP contribution in [0.5, 0.6) is 0 Å². The molecule has 0 aromatic heterocycles. The fraction of sp³-hybridized carbons (Fsp3) is 0.778. The van der Waals surface area contributed by atoms with Crippen molar-refractivity contribution < 1.29 is 14.9 Å². The summed E-state index contributed by atoms with van der Waals surface area (Å²) in [5.74, 6) is 0.705. The Kier molecular flexibility index (Phi) is 7.56. The van der Waals surface area contributed by atoms with Gasteiger partial charge in [0.15, 0.2) is 0 Å². The smallest absolute Gasteiger partial charge is 0.101 e. The van der Waals surface area contributed by atoms with Gasteiger partial charge in [0.25, 0.3) is 0 Å². The van der Waals surface area contributed by atoms with E-state index in [0.29, 0.717) is 12.3 Å². The van der Waals surface area contributed by atoms with Gasteiger partial charge in [-0.3, -0.25) is 4.90 Å². The monoisotopic (exact) mass is 324 g/mol. The SMILES string of the molecule is CCN(CCO)CC1CCC(C)=CC(CN2CCOCC2)=C1O. The number of likely N-dealkylation sites (N-methyl/N-ethyl adjacent to an activating group) is 1. The van der Waals surface area contributed by atoms with E-state index in [9.17, 15) is 10.2 Å². The van der Waals surface area contributed by atoms with Crippen LogP contribution < -0.4 is 0 Å². The molecule has 5 heteroatoms. The summed E-state index contributed by atoms with van der Waals surface area (Å²) < 4.78 is 5.41. The van der Waals surface area contributed by atoms with Crippen LogP contribution in [0.3, 0.4) is 0 Å². The Morgan fingerprint density at radius 3 is 2.74 bits per heavy atom. The molecule has 2 N–H and O–H groups in total. The Morgan fingerprint density at radius 2 is 2.09 bits per heavy atom. The average Bonchev–Trinajstić information content (AvgIpc) is 2.69. The number of allylic oxidation sites excluding steroid dienone is 1. The molecule has 1 atom stereocenters. The van der Waals surface area contributed by atoms with Gasteiger partial charge in [-0.1, -0.05) is 18.6 Å². The van der Waals surface area contributed by atoms with Crippen molar-refractivity contribution in [3.8, 4) is 0 Å². The summed E-state index contributed by atoms with van der Waals surface area (Å²) in [4.78, 5) is 4.57. The lowest BCUT2D eigenvalue weighted by Crippen LogP contribution is -2.38. The third-order valence-corrected chi connectivity index (χ3v) is 4.86. The largest absolute Gasteiger partial charge is 0.512 e. The summed E-state index contributed by atoms with van der Waals surface area (Å²) in [6.45, 7) is 11.0. The molecular weight excluding hydrogens is 292 g/mol. The van der Waals surface area contributed by atoms with E-state index in [1.807, 2.05) is 0 Å². The van der Waals surface area contributed by atoms with Crippen molar-refractivity contribution in [2.75, 3.05) is 59.1 Å². The molecule has 2 rings (SSSR count). The second kappa shape index (κ2) is 9.42. The highest BCUT2D eigenvalue weighted by molar-refractivity contribution is 5.30. The van der Waals surface area contributed by atoms with E-state index in [-0.39, 0.29) is 12.5 Å². The summed E-state index contributed by atoms with van der Waals surface area (Å²) in [5, 5.41) is 20.0. The Bertz CT molecular complexity index is 428. The fourth-order valence-corrected chi connectivity index (χ4v) is 3.38. The lowest BCUT2D eigenvalue weighted by Gasteiger charge is -2.29. The Labute approximate surface area is 140 Å². The van der Waals surface area contributed by atoms with E-state index in [1.54, 1.807) is 0 Å². The molecule has 0 amide bonds. The lowest BCUT2D eigenvalue weighted by molar-refractivity contribution is 0.0420. The molecule has 1 saturated heterocycles. The Hall–Kier alpha value is -0.880. The van der Waals surface area contributed by atoms with Gasteiger partial charge in [0.05, 0.1) is 19.8 Å². The number of morpholine rings is 1. The minimum Gasteiger partial charge on any atom is -0.512 e. The van der Waals surface area contributed by atoms with E-state index < -0.39 is 0 Å². The average molecular weight is 324 g/mol. The minimum absolute atomic E-state index is 0.159. The van der Waals surface area contributed by atoms with E-state index in [0.717, 1.165) is 64.4 Å². The van der Waals surface area contributed by atoms with Gasteiger partial charge < -0.3 is 19.8 Å². The van der Waals surface area contributed by atoms with E-state index in [2.05, 4.69) is 29.7 Å². The number of ether oxygens (including phenoxy) is 1. The number of hydrogen-bond donors (Lipinski definition) is 2. The van der Waals surface area contributed by atoms with Crippen LogP contribution in [-0.2, 0) is 4.74 Å². The third kappa shape index (κ3) is 5.60. The maximum Gasteiger partial charge on any atom is 0.101 e. The lowest BCUT2D eigenvalue weighted by atomic mass is 9.98. The normalized spacial score (nSPS) is 24.0. The van der Waals surface area contributed by atoms with Gasteiger partial charge in [-0.25, -0.2) is 0 Å². The second-order valence-corrected chi connectivity index (χ2v) is 6.64. The second-order valence-electron chi connectivity index (χ2n) is 6.64. The van der Waals surface area contributed by atoms with Crippen molar-refractivity contribution in [3.05, 3.63) is 23.0 Å². The predicted molar refractivity (Wildman–Crippen MR) is 92.6 cm³/mol. The molecule has 0 aromatic carbocycles. The highest BCUT2D eigenvalue weighted by Gasteiger charge is 2.24. The van der Waals surface area contributed by atoms with E-state index in [1.165, 1.54) is 5.57 Å². The molecule has 1 aliphatic carbocycles. The van der Waals surface area contributed by atoms with Crippen molar-refractivity contribution in [2.45, 2.75) is 26.7 Å². The molecule has 1 unspecified atom stereocenters. The highest BCUT2D eigenvalue weighted by atomic mass is 16.5.